The fraction of sp³-hybridized carbons (Fsp3) is 0.429. The van der Waals surface area contributed by atoms with Crippen LogP contribution in [-0.2, 0) is 42.6 Å². The number of sulfonamides is 2. The third-order valence-electron chi connectivity index (χ3n) is 11.9. The third kappa shape index (κ3) is 14.9. The van der Waals surface area contributed by atoms with Crippen LogP contribution in [0.3, 0.4) is 0 Å². The molecule has 66 heavy (non-hydrogen) atoms. The molecule has 2 heterocycles. The molecule has 2 fully saturated rings. The van der Waals surface area contributed by atoms with Gasteiger partial charge >= 0.3 is 0 Å². The molecule has 0 bridgehead atoms. The Morgan fingerprint density at radius 1 is 0.636 bits per heavy atom. The molecule has 4 aromatic carbocycles. The minimum absolute atomic E-state index is 0.0792. The molecule has 0 unspecified atom stereocenters. The van der Waals surface area contributed by atoms with E-state index in [9.17, 15) is 41.1 Å². The van der Waals surface area contributed by atoms with Gasteiger partial charge in [0, 0.05) is 57.9 Å². The molecule has 0 spiro atoms. The van der Waals surface area contributed by atoms with Crippen LogP contribution < -0.4 is 14.8 Å². The van der Waals surface area contributed by atoms with Crippen molar-refractivity contribution in [2.24, 2.45) is 0 Å². The first kappa shape index (κ1) is 51.2. The maximum Gasteiger partial charge on any atom is 0.253 e. The van der Waals surface area contributed by atoms with E-state index in [1.165, 1.54) is 25.0 Å². The molecule has 2 aliphatic rings. The lowest BCUT2D eigenvalue weighted by molar-refractivity contribution is -0.136. The number of amides is 4. The Hall–Kier alpha value is -5.78. The van der Waals surface area contributed by atoms with Gasteiger partial charge in [-0.25, -0.2) is 16.8 Å². The standard InChI is InChI=1S/C25H33N3O5S.C24H31N3O4S/c1-17-5-8-21(15-22(17)27-34(4,32)33)23(29)28-13-11-20(12-14-28)19-9-6-18(7-10-19)16-26-24(30)25(2,3)31;1-17-5-8-21(16-22(17)25-32(4,30)31)24(29)27-13-11-20(12-14-27)19-9-6-18(7-10-19)15-23(28)26(2)3/h5-10,15,20,27,31H,11-14,16H2,1-4H3,(H,26,30);5-10,16,20,25H,11-15H2,1-4H3. The van der Waals surface area contributed by atoms with Crippen molar-refractivity contribution >= 4 is 55.1 Å². The van der Waals surface area contributed by atoms with E-state index in [0.29, 0.717) is 73.5 Å². The van der Waals surface area contributed by atoms with E-state index in [1.54, 1.807) is 69.2 Å². The highest BCUT2D eigenvalue weighted by molar-refractivity contribution is 7.92. The topological polar surface area (TPSA) is 203 Å². The number of benzene rings is 4. The van der Waals surface area contributed by atoms with Crippen molar-refractivity contribution in [3.8, 4) is 0 Å². The zero-order chi connectivity index (χ0) is 48.6. The molecule has 2 saturated heterocycles. The molecule has 4 amide bonds. The summed E-state index contributed by atoms with van der Waals surface area (Å²) in [5.74, 6) is 0.185. The van der Waals surface area contributed by atoms with Gasteiger partial charge in [-0.2, -0.15) is 0 Å². The maximum absolute atomic E-state index is 13.0. The van der Waals surface area contributed by atoms with Crippen LogP contribution in [0.4, 0.5) is 11.4 Å². The Balaban J connectivity index is 0.000000248. The lowest BCUT2D eigenvalue weighted by atomic mass is 9.88. The molecule has 356 valence electrons. The summed E-state index contributed by atoms with van der Waals surface area (Å²) < 4.78 is 51.3. The summed E-state index contributed by atoms with van der Waals surface area (Å²) in [6.07, 6.45) is 5.97. The van der Waals surface area contributed by atoms with Gasteiger partial charge in [0.15, 0.2) is 0 Å². The zero-order valence-electron chi connectivity index (χ0n) is 39.2. The maximum atomic E-state index is 13.0. The van der Waals surface area contributed by atoms with Crippen LogP contribution in [0.5, 0.6) is 0 Å². The predicted molar refractivity (Wildman–Crippen MR) is 258 cm³/mol. The molecule has 15 nitrogen and oxygen atoms in total. The van der Waals surface area contributed by atoms with Gasteiger partial charge in [0.1, 0.15) is 5.60 Å². The van der Waals surface area contributed by atoms with Gasteiger partial charge in [-0.15, -0.1) is 0 Å². The number of nitrogens with one attached hydrogen (secondary N) is 3. The largest absolute Gasteiger partial charge is 0.381 e. The number of anilines is 2. The molecule has 0 aliphatic carbocycles. The number of piperidine rings is 2. The first-order valence-electron chi connectivity index (χ1n) is 22.0. The van der Waals surface area contributed by atoms with Crippen molar-refractivity contribution in [1.29, 1.82) is 0 Å². The van der Waals surface area contributed by atoms with Crippen LogP contribution >= 0.6 is 0 Å². The highest BCUT2D eigenvalue weighted by Crippen LogP contribution is 2.31. The second-order valence-electron chi connectivity index (χ2n) is 18.1. The highest BCUT2D eigenvalue weighted by Gasteiger charge is 2.27. The fourth-order valence-electron chi connectivity index (χ4n) is 7.87. The van der Waals surface area contributed by atoms with Crippen LogP contribution in [0, 0.1) is 13.8 Å². The molecule has 4 aromatic rings. The van der Waals surface area contributed by atoms with Crippen molar-refractivity contribution in [2.45, 2.75) is 83.8 Å². The molecule has 4 N–H and O–H groups in total. The SMILES string of the molecule is Cc1ccc(C(=O)N2CCC(c3ccc(CC(=O)N(C)C)cc3)CC2)cc1NS(C)(=O)=O.Cc1ccc(C(=O)N2CCC(c3ccc(CNC(=O)C(C)(C)O)cc3)CC2)cc1NS(C)(=O)=O. The van der Waals surface area contributed by atoms with Crippen molar-refractivity contribution in [1.82, 2.24) is 20.0 Å². The van der Waals surface area contributed by atoms with E-state index >= 15 is 0 Å². The van der Waals surface area contributed by atoms with Gasteiger partial charge in [0.05, 0.1) is 30.3 Å². The Bertz CT molecular complexity index is 2590. The van der Waals surface area contributed by atoms with Gasteiger partial charge in [-0.05, 0) is 123 Å². The molecule has 17 heteroatoms. The van der Waals surface area contributed by atoms with Crippen LogP contribution in [0.25, 0.3) is 0 Å². The summed E-state index contributed by atoms with van der Waals surface area (Å²) in [5, 5.41) is 12.4. The van der Waals surface area contributed by atoms with E-state index in [4.69, 9.17) is 0 Å². The first-order chi connectivity index (χ1) is 30.9. The average molecular weight is 945 g/mol. The molecule has 0 aromatic heterocycles. The van der Waals surface area contributed by atoms with Gasteiger partial charge in [0.25, 0.3) is 17.7 Å². The van der Waals surface area contributed by atoms with E-state index in [-0.39, 0.29) is 17.7 Å². The Morgan fingerprint density at radius 3 is 1.36 bits per heavy atom. The number of carbonyl (C=O) groups is 4. The van der Waals surface area contributed by atoms with Crippen LogP contribution in [-0.4, -0.2) is 119 Å². The Labute approximate surface area is 390 Å². The minimum Gasteiger partial charge on any atom is -0.381 e. The molecule has 2 aliphatic heterocycles. The summed E-state index contributed by atoms with van der Waals surface area (Å²) in [5.41, 5.74) is 6.28. The number of hydrogen-bond donors (Lipinski definition) is 4. The molecular weight excluding hydrogens is 881 g/mol. The first-order valence-corrected chi connectivity index (χ1v) is 25.8. The van der Waals surface area contributed by atoms with Crippen LogP contribution in [0.15, 0.2) is 84.9 Å². The summed E-state index contributed by atoms with van der Waals surface area (Å²) in [6.45, 7) is 9.38. The van der Waals surface area contributed by atoms with Crippen molar-refractivity contribution < 1.29 is 41.1 Å². The van der Waals surface area contributed by atoms with Crippen molar-refractivity contribution in [3.05, 3.63) is 129 Å². The van der Waals surface area contributed by atoms with Crippen LogP contribution in [0.2, 0.25) is 0 Å². The number of nitrogens with zero attached hydrogens (tertiary/aromatic N) is 3. The molecule has 0 saturated carbocycles. The van der Waals surface area contributed by atoms with E-state index in [1.807, 2.05) is 34.1 Å². The Kier molecular flexibility index (Phi) is 16.8. The third-order valence-corrected chi connectivity index (χ3v) is 13.1. The number of aryl methyl sites for hydroxylation is 2. The summed E-state index contributed by atoms with van der Waals surface area (Å²) >= 11 is 0. The highest BCUT2D eigenvalue weighted by atomic mass is 32.2. The van der Waals surface area contributed by atoms with Gasteiger partial charge in [-0.3, -0.25) is 28.6 Å². The van der Waals surface area contributed by atoms with Crippen LogP contribution in [0.1, 0.15) is 105 Å². The number of likely N-dealkylation sites (N-methyl/N-ethyl adjacent to an activating group) is 1. The predicted octanol–water partition coefficient (Wildman–Crippen LogP) is 5.79. The number of rotatable bonds is 13. The number of likely N-dealkylation sites (tertiary alicyclic amines) is 2. The number of carbonyl (C=O) groups excluding carboxylic acids is 4. The molecule has 6 rings (SSSR count). The van der Waals surface area contributed by atoms with E-state index in [2.05, 4.69) is 39.0 Å². The Morgan fingerprint density at radius 2 is 1.02 bits per heavy atom. The van der Waals surface area contributed by atoms with Gasteiger partial charge in [-0.1, -0.05) is 60.7 Å². The van der Waals surface area contributed by atoms with E-state index < -0.39 is 31.6 Å². The second-order valence-corrected chi connectivity index (χ2v) is 21.6. The molecule has 0 atom stereocenters. The molecular formula is C49H64N6O9S2. The lowest BCUT2D eigenvalue weighted by Gasteiger charge is -2.32. The zero-order valence-corrected chi connectivity index (χ0v) is 40.8. The number of hydrogen-bond acceptors (Lipinski definition) is 9. The summed E-state index contributed by atoms with van der Waals surface area (Å²) in [6, 6.07) is 26.4. The fourth-order valence-corrected chi connectivity index (χ4v) is 9.11. The second kappa shape index (κ2) is 21.7. The minimum atomic E-state index is -3.43. The van der Waals surface area contributed by atoms with Gasteiger partial charge in [0.2, 0.25) is 26.0 Å². The average Bonchev–Trinajstić information content (AvgIpc) is 3.26. The van der Waals surface area contributed by atoms with Gasteiger partial charge < -0.3 is 25.1 Å². The lowest BCUT2D eigenvalue weighted by Crippen LogP contribution is -2.41. The normalized spacial score (nSPS) is 15.0. The van der Waals surface area contributed by atoms with E-state index in [0.717, 1.165) is 60.4 Å². The number of aliphatic hydroxyl groups is 1. The summed E-state index contributed by atoms with van der Waals surface area (Å²) in [4.78, 5) is 54.9. The summed E-state index contributed by atoms with van der Waals surface area (Å²) in [7, 11) is -3.33. The smallest absolute Gasteiger partial charge is 0.253 e. The van der Waals surface area contributed by atoms with Crippen molar-refractivity contribution in [2.75, 3.05) is 62.2 Å². The quantitative estimate of drug-likeness (QED) is 0.128. The van der Waals surface area contributed by atoms with Crippen molar-refractivity contribution in [3.63, 3.8) is 0 Å². The monoisotopic (exact) mass is 944 g/mol. The molecule has 0 radical (unpaired) electrons.